The molecule has 0 saturated heterocycles. The highest BCUT2D eigenvalue weighted by molar-refractivity contribution is 7.88. The Kier molecular flexibility index (Phi) is 6.90. The Morgan fingerprint density at radius 3 is 2.31 bits per heavy atom. The zero-order valence-electron chi connectivity index (χ0n) is 19.3. The number of ether oxygens (including phenoxy) is 2. The van der Waals surface area contributed by atoms with Gasteiger partial charge in [-0.25, -0.2) is 8.42 Å². The number of carbonyl (C=O) groups is 1. The lowest BCUT2D eigenvalue weighted by Crippen LogP contribution is -2.23. The number of amides is 1. The van der Waals surface area contributed by atoms with Crippen molar-refractivity contribution in [2.24, 2.45) is 10.2 Å². The van der Waals surface area contributed by atoms with Gasteiger partial charge in [0.05, 0.1) is 42.4 Å². The molecule has 1 radical (unpaired) electrons. The predicted molar refractivity (Wildman–Crippen MR) is 132 cm³/mol. The number of H-pyrrole nitrogens is 1. The number of methoxy groups -OCH3 is 2. The van der Waals surface area contributed by atoms with Gasteiger partial charge in [0.15, 0.2) is 5.69 Å². The third-order valence-electron chi connectivity index (χ3n) is 5.38. The number of nitrogens with one attached hydrogen (secondary N) is 3. The van der Waals surface area contributed by atoms with Crippen LogP contribution in [0.3, 0.4) is 0 Å². The van der Waals surface area contributed by atoms with Gasteiger partial charge in [-0.1, -0.05) is 6.07 Å². The van der Waals surface area contributed by atoms with Crippen LogP contribution < -0.4 is 19.9 Å². The highest BCUT2D eigenvalue weighted by Gasteiger charge is 2.16. The molecule has 0 aliphatic heterocycles. The normalized spacial score (nSPS) is 11.6. The largest absolute Gasteiger partial charge is 0.496 e. The number of hydrogen-bond acceptors (Lipinski definition) is 8. The number of aromatic hydroxyl groups is 1. The lowest BCUT2D eigenvalue weighted by atomic mass is 10.1. The van der Waals surface area contributed by atoms with Crippen LogP contribution in [0.4, 0.5) is 11.4 Å². The number of sulfonamides is 1. The van der Waals surface area contributed by atoms with Crippen LogP contribution in [-0.2, 0) is 16.6 Å². The summed E-state index contributed by atoms with van der Waals surface area (Å²) in [5, 5.41) is 28.8. The number of carbonyl (C=O) groups excluding carboxylic acids is 1. The number of azo groups is 1. The first kappa shape index (κ1) is 24.7. The van der Waals surface area contributed by atoms with Crippen molar-refractivity contribution in [3.05, 3.63) is 71.8 Å². The lowest BCUT2D eigenvalue weighted by molar-refractivity contribution is 0.0950. The summed E-state index contributed by atoms with van der Waals surface area (Å²) < 4.78 is 33.3. The fourth-order valence-corrected chi connectivity index (χ4v) is 4.07. The first-order chi connectivity index (χ1) is 17.2. The van der Waals surface area contributed by atoms with Crippen LogP contribution in [0.5, 0.6) is 17.4 Å². The van der Waals surface area contributed by atoms with E-state index < -0.39 is 10.0 Å². The Labute approximate surface area is 206 Å². The zero-order chi connectivity index (χ0) is 25.9. The summed E-state index contributed by atoms with van der Waals surface area (Å²) in [5.41, 5.74) is 1.99. The summed E-state index contributed by atoms with van der Waals surface area (Å²) in [5.74, 6) is 0.560. The highest BCUT2D eigenvalue weighted by Crippen LogP contribution is 2.37. The average Bonchev–Trinajstić information content (AvgIpc) is 3.19. The number of aromatic nitrogens is 1. The van der Waals surface area contributed by atoms with E-state index >= 15 is 0 Å². The van der Waals surface area contributed by atoms with Gasteiger partial charge < -0.3 is 24.9 Å². The van der Waals surface area contributed by atoms with Crippen molar-refractivity contribution in [1.82, 2.24) is 15.4 Å². The molecule has 0 fully saturated rings. The van der Waals surface area contributed by atoms with Crippen molar-refractivity contribution in [3.63, 3.8) is 0 Å². The quantitative estimate of drug-likeness (QED) is 0.301. The number of benzene rings is 3. The molecular weight excluding hydrogens is 486 g/mol. The maximum atomic E-state index is 12.9. The molecular formula is C24H22N5O6S. The molecule has 11 nitrogen and oxygen atoms in total. The molecule has 185 valence electrons. The van der Waals surface area contributed by atoms with Gasteiger partial charge in [0, 0.05) is 10.9 Å². The molecule has 1 amide bonds. The predicted octanol–water partition coefficient (Wildman–Crippen LogP) is 4.21. The molecule has 0 atom stereocenters. The van der Waals surface area contributed by atoms with E-state index in [4.69, 9.17) is 14.6 Å². The number of fused-ring (bicyclic) bond motifs is 1. The lowest BCUT2D eigenvalue weighted by Gasteiger charge is -2.13. The Balaban J connectivity index is 1.58. The second-order valence-corrected chi connectivity index (χ2v) is 9.08. The van der Waals surface area contributed by atoms with Crippen molar-refractivity contribution in [1.29, 1.82) is 0 Å². The average molecular weight is 509 g/mol. The third-order valence-corrected chi connectivity index (χ3v) is 6.28. The Morgan fingerprint density at radius 2 is 1.69 bits per heavy atom. The molecule has 1 heterocycles. The van der Waals surface area contributed by atoms with Crippen molar-refractivity contribution < 1.29 is 27.8 Å². The molecule has 0 unspecified atom stereocenters. The van der Waals surface area contributed by atoms with E-state index in [-0.39, 0.29) is 28.9 Å². The van der Waals surface area contributed by atoms with Crippen molar-refractivity contribution in [2.75, 3.05) is 14.2 Å². The van der Waals surface area contributed by atoms with Gasteiger partial charge in [0.1, 0.15) is 11.5 Å². The van der Waals surface area contributed by atoms with Gasteiger partial charge in [-0.15, -0.1) is 10.3 Å². The summed E-state index contributed by atoms with van der Waals surface area (Å²) in [7, 11) is -1.00. The zero-order valence-corrected chi connectivity index (χ0v) is 20.1. The molecule has 0 aliphatic rings. The summed E-state index contributed by atoms with van der Waals surface area (Å²) in [4.78, 5) is 15.5. The van der Waals surface area contributed by atoms with Crippen LogP contribution in [0.2, 0.25) is 0 Å². The summed E-state index contributed by atoms with van der Waals surface area (Å²) >= 11 is 0. The second kappa shape index (κ2) is 10.1. The maximum Gasteiger partial charge on any atom is 0.254 e. The van der Waals surface area contributed by atoms with Gasteiger partial charge in [-0.05, 0) is 54.6 Å². The van der Waals surface area contributed by atoms with E-state index in [0.717, 1.165) is 0 Å². The Hall–Kier alpha value is -4.42. The van der Waals surface area contributed by atoms with E-state index in [2.05, 4.69) is 20.5 Å². The molecule has 4 N–H and O–H groups in total. The minimum atomic E-state index is -4.08. The van der Waals surface area contributed by atoms with Gasteiger partial charge in [0.25, 0.3) is 15.9 Å². The second-order valence-electron chi connectivity index (χ2n) is 7.60. The van der Waals surface area contributed by atoms with E-state index in [0.29, 0.717) is 39.2 Å². The first-order valence-corrected chi connectivity index (χ1v) is 12.0. The first-order valence-electron chi connectivity index (χ1n) is 10.6. The van der Waals surface area contributed by atoms with Crippen molar-refractivity contribution >= 4 is 38.2 Å². The molecule has 4 aromatic rings. The highest BCUT2D eigenvalue weighted by atomic mass is 32.2. The number of rotatable bonds is 8. The maximum absolute atomic E-state index is 12.9. The van der Waals surface area contributed by atoms with E-state index in [9.17, 15) is 18.3 Å². The minimum Gasteiger partial charge on any atom is -0.496 e. The monoisotopic (exact) mass is 508 g/mol. The molecule has 0 saturated carbocycles. The standard InChI is InChI=1S/C24H22N5O6S/c1-34-20-4-3-5-21(35-2)18(20)13-26-23(30)14-6-11-19-17(12-14)22(24(31)27-19)29-28-15-7-9-16(10-8-15)36(25,32)33/h3-12,25,27,31H,13H2,1-2H3,(H,26,30). The minimum absolute atomic E-state index is 0.114. The molecule has 0 bridgehead atoms. The van der Waals surface area contributed by atoms with Crippen LogP contribution in [0.25, 0.3) is 10.9 Å². The topological polar surface area (TPSA) is 166 Å². The number of nitrogens with zero attached hydrogens (tertiary/aromatic N) is 2. The van der Waals surface area contributed by atoms with E-state index in [1.165, 1.54) is 38.5 Å². The van der Waals surface area contributed by atoms with Gasteiger partial charge >= 0.3 is 0 Å². The summed E-state index contributed by atoms with van der Waals surface area (Å²) in [6.45, 7) is 0.166. The fraction of sp³-hybridized carbons (Fsp3) is 0.125. The Morgan fingerprint density at radius 1 is 1.03 bits per heavy atom. The molecule has 0 aliphatic carbocycles. The van der Waals surface area contributed by atoms with Gasteiger partial charge in [-0.3, -0.25) is 4.79 Å². The van der Waals surface area contributed by atoms with E-state index in [1.54, 1.807) is 36.4 Å². The SMILES string of the molecule is COc1cccc(OC)c1CNC(=O)c1ccc2[nH]c(O)c(N=Nc3ccc(S([NH])(=O)=O)cc3)c2c1. The third kappa shape index (κ3) is 5.14. The van der Waals surface area contributed by atoms with Gasteiger partial charge in [0.2, 0.25) is 5.88 Å². The van der Waals surface area contributed by atoms with Crippen LogP contribution in [0.1, 0.15) is 15.9 Å². The van der Waals surface area contributed by atoms with Crippen LogP contribution in [0, 0.1) is 0 Å². The molecule has 36 heavy (non-hydrogen) atoms. The smallest absolute Gasteiger partial charge is 0.254 e. The molecule has 1 aromatic heterocycles. The van der Waals surface area contributed by atoms with Crippen molar-refractivity contribution in [3.8, 4) is 17.4 Å². The van der Waals surface area contributed by atoms with Gasteiger partial charge in [-0.2, -0.15) is 5.11 Å². The number of hydrogen-bond donors (Lipinski definition) is 3. The van der Waals surface area contributed by atoms with Crippen molar-refractivity contribution in [2.45, 2.75) is 11.4 Å². The number of aromatic amines is 1. The summed E-state index contributed by atoms with van der Waals surface area (Å²) in [6, 6.07) is 15.4. The van der Waals surface area contributed by atoms with E-state index in [1.807, 2.05) is 0 Å². The van der Waals surface area contributed by atoms with Crippen LogP contribution in [0.15, 0.2) is 75.8 Å². The fourth-order valence-electron chi connectivity index (χ4n) is 3.58. The Bertz CT molecular complexity index is 1540. The molecule has 0 spiro atoms. The molecule has 12 heteroatoms. The van der Waals surface area contributed by atoms with Crippen LogP contribution >= 0.6 is 0 Å². The molecule has 3 aromatic carbocycles. The van der Waals surface area contributed by atoms with Crippen LogP contribution in [-0.4, -0.2) is 38.6 Å². The molecule has 4 rings (SSSR count). The summed E-state index contributed by atoms with van der Waals surface area (Å²) in [6.07, 6.45) is 0.